The first-order chi connectivity index (χ1) is 9.65. The van der Waals surface area contributed by atoms with E-state index in [9.17, 15) is 10.1 Å². The first-order valence-corrected chi connectivity index (χ1v) is 7.33. The minimum absolute atomic E-state index is 0.194. The van der Waals surface area contributed by atoms with E-state index in [2.05, 4.69) is 26.6 Å². The summed E-state index contributed by atoms with van der Waals surface area (Å²) in [6, 6.07) is 0. The van der Waals surface area contributed by atoms with E-state index in [1.54, 1.807) is 6.92 Å². The monoisotopic (exact) mass is 288 g/mol. The maximum atomic E-state index is 11.2. The molecule has 0 unspecified atom stereocenters. The quantitative estimate of drug-likeness (QED) is 0.280. The molecule has 118 valence electrons. The Balaban J connectivity index is 2.38. The van der Waals surface area contributed by atoms with Crippen LogP contribution < -0.4 is 26.6 Å². The molecule has 1 saturated heterocycles. The second-order valence-electron chi connectivity index (χ2n) is 5.36. The zero-order valence-electron chi connectivity index (χ0n) is 12.3. The van der Waals surface area contributed by atoms with E-state index >= 15 is 0 Å². The van der Waals surface area contributed by atoms with Crippen LogP contribution in [-0.4, -0.2) is 75.9 Å². The SMILES string of the molecule is CC1([N+](=O)[O-])CNCCNCCNCCNCCNC1. The molecule has 0 aromatic carbocycles. The van der Waals surface area contributed by atoms with Gasteiger partial charge in [0.15, 0.2) is 0 Å². The first kappa shape index (κ1) is 17.3. The predicted molar refractivity (Wildman–Crippen MR) is 79.7 cm³/mol. The number of hydrogen-bond donors (Lipinski definition) is 5. The molecule has 0 bridgehead atoms. The van der Waals surface area contributed by atoms with Gasteiger partial charge in [0.05, 0.1) is 13.1 Å². The molecule has 8 nitrogen and oxygen atoms in total. The van der Waals surface area contributed by atoms with Gasteiger partial charge in [-0.25, -0.2) is 0 Å². The predicted octanol–water partition coefficient (Wildman–Crippen LogP) is -2.02. The van der Waals surface area contributed by atoms with Crippen molar-refractivity contribution < 1.29 is 4.92 Å². The van der Waals surface area contributed by atoms with Gasteiger partial charge in [0, 0.05) is 64.2 Å². The molecule has 5 N–H and O–H groups in total. The summed E-state index contributed by atoms with van der Waals surface area (Å²) in [6.45, 7) is 9.25. The Labute approximate surface area is 120 Å². The highest BCUT2D eigenvalue weighted by atomic mass is 16.6. The molecule has 0 amide bonds. The van der Waals surface area contributed by atoms with E-state index in [1.807, 2.05) is 0 Å². The Morgan fingerprint density at radius 3 is 1.35 bits per heavy atom. The Morgan fingerprint density at radius 1 is 0.750 bits per heavy atom. The number of nitrogens with zero attached hydrogens (tertiary/aromatic N) is 1. The molecule has 1 aliphatic rings. The summed E-state index contributed by atoms with van der Waals surface area (Å²) in [7, 11) is 0. The van der Waals surface area contributed by atoms with E-state index < -0.39 is 5.54 Å². The van der Waals surface area contributed by atoms with Crippen molar-refractivity contribution >= 4 is 0 Å². The van der Waals surface area contributed by atoms with Crippen LogP contribution in [0.3, 0.4) is 0 Å². The summed E-state index contributed by atoms with van der Waals surface area (Å²) < 4.78 is 0. The van der Waals surface area contributed by atoms with Crippen LogP contribution in [0.2, 0.25) is 0 Å². The summed E-state index contributed by atoms with van der Waals surface area (Å²) in [5, 5.41) is 27.4. The second-order valence-corrected chi connectivity index (χ2v) is 5.36. The normalized spacial score (nSPS) is 24.1. The van der Waals surface area contributed by atoms with Gasteiger partial charge < -0.3 is 26.6 Å². The van der Waals surface area contributed by atoms with Gasteiger partial charge in [-0.05, 0) is 0 Å². The van der Waals surface area contributed by atoms with Gasteiger partial charge in [-0.2, -0.15) is 0 Å². The number of nitrogens with one attached hydrogen (secondary N) is 5. The van der Waals surface area contributed by atoms with Gasteiger partial charge >= 0.3 is 0 Å². The molecule has 1 rings (SSSR count). The Kier molecular flexibility index (Phi) is 8.63. The number of rotatable bonds is 1. The van der Waals surface area contributed by atoms with Gasteiger partial charge in [0.2, 0.25) is 5.54 Å². The number of hydrogen-bond acceptors (Lipinski definition) is 7. The van der Waals surface area contributed by atoms with Crippen LogP contribution in [0.15, 0.2) is 0 Å². The third kappa shape index (κ3) is 7.11. The summed E-state index contributed by atoms with van der Waals surface area (Å²) in [4.78, 5) is 11.0. The van der Waals surface area contributed by atoms with Crippen LogP contribution >= 0.6 is 0 Å². The Morgan fingerprint density at radius 2 is 1.05 bits per heavy atom. The van der Waals surface area contributed by atoms with Gasteiger partial charge in [-0.3, -0.25) is 10.1 Å². The molecule has 0 atom stereocenters. The van der Waals surface area contributed by atoms with Crippen LogP contribution in [0.5, 0.6) is 0 Å². The molecular formula is C12H28N6O2. The topological polar surface area (TPSA) is 103 Å². The van der Waals surface area contributed by atoms with E-state index in [1.165, 1.54) is 0 Å². The maximum absolute atomic E-state index is 11.2. The van der Waals surface area contributed by atoms with Crippen molar-refractivity contribution in [1.29, 1.82) is 0 Å². The molecule has 0 aliphatic carbocycles. The van der Waals surface area contributed by atoms with E-state index in [4.69, 9.17) is 0 Å². The molecule has 0 radical (unpaired) electrons. The zero-order chi connectivity index (χ0) is 14.7. The molecule has 8 heteroatoms. The van der Waals surface area contributed by atoms with Gasteiger partial charge in [-0.15, -0.1) is 0 Å². The lowest BCUT2D eigenvalue weighted by atomic mass is 10.0. The fourth-order valence-corrected chi connectivity index (χ4v) is 1.99. The Hall–Kier alpha value is -0.800. The average Bonchev–Trinajstić information content (AvgIpc) is 2.41. The molecule has 20 heavy (non-hydrogen) atoms. The molecule has 0 aromatic rings. The zero-order valence-corrected chi connectivity index (χ0v) is 12.3. The summed E-state index contributed by atoms with van der Waals surface area (Å²) in [5.74, 6) is 0. The summed E-state index contributed by atoms with van der Waals surface area (Å²) >= 11 is 0. The average molecular weight is 288 g/mol. The van der Waals surface area contributed by atoms with Crippen molar-refractivity contribution in [3.8, 4) is 0 Å². The number of nitro groups is 1. The van der Waals surface area contributed by atoms with Gasteiger partial charge in [-0.1, -0.05) is 0 Å². The highest BCUT2D eigenvalue weighted by Crippen LogP contribution is 2.05. The molecule has 1 heterocycles. The lowest BCUT2D eigenvalue weighted by Crippen LogP contribution is -2.53. The Bertz CT molecular complexity index is 261. The molecule has 1 aliphatic heterocycles. The van der Waals surface area contributed by atoms with Gasteiger partial charge in [0.25, 0.3) is 0 Å². The smallest absolute Gasteiger partial charge is 0.243 e. The lowest BCUT2D eigenvalue weighted by molar-refractivity contribution is -0.560. The van der Waals surface area contributed by atoms with Gasteiger partial charge in [0.1, 0.15) is 0 Å². The van der Waals surface area contributed by atoms with Crippen molar-refractivity contribution in [2.24, 2.45) is 0 Å². The van der Waals surface area contributed by atoms with Crippen molar-refractivity contribution in [2.75, 3.05) is 65.4 Å². The third-order valence-corrected chi connectivity index (χ3v) is 3.37. The fourth-order valence-electron chi connectivity index (χ4n) is 1.99. The molecule has 0 spiro atoms. The first-order valence-electron chi connectivity index (χ1n) is 7.33. The molecule has 1 fully saturated rings. The standard InChI is InChI=1S/C12H28N6O2/c1-12(18(19)20)10-16-8-6-14-4-2-13-3-5-15-7-9-17-11-12/h13-17H,2-11H2,1H3. The van der Waals surface area contributed by atoms with Crippen molar-refractivity contribution in [3.63, 3.8) is 0 Å². The highest BCUT2D eigenvalue weighted by molar-refractivity contribution is 4.80. The minimum Gasteiger partial charge on any atom is -0.314 e. The molecule has 0 aromatic heterocycles. The van der Waals surface area contributed by atoms with E-state index in [-0.39, 0.29) is 4.92 Å². The van der Waals surface area contributed by atoms with E-state index in [0.29, 0.717) is 13.1 Å². The fraction of sp³-hybridized carbons (Fsp3) is 1.00. The summed E-state index contributed by atoms with van der Waals surface area (Å²) in [6.07, 6.45) is 0. The van der Waals surface area contributed by atoms with Crippen LogP contribution in [0, 0.1) is 10.1 Å². The van der Waals surface area contributed by atoms with Crippen molar-refractivity contribution in [2.45, 2.75) is 12.5 Å². The van der Waals surface area contributed by atoms with Crippen molar-refractivity contribution in [3.05, 3.63) is 10.1 Å². The van der Waals surface area contributed by atoms with Crippen LogP contribution in [0.1, 0.15) is 6.92 Å². The molecule has 0 saturated carbocycles. The van der Waals surface area contributed by atoms with Crippen LogP contribution in [-0.2, 0) is 0 Å². The van der Waals surface area contributed by atoms with Crippen LogP contribution in [0.4, 0.5) is 0 Å². The minimum atomic E-state index is -0.960. The second kappa shape index (κ2) is 10.0. The summed E-state index contributed by atoms with van der Waals surface area (Å²) in [5.41, 5.74) is -0.960. The largest absolute Gasteiger partial charge is 0.314 e. The van der Waals surface area contributed by atoms with Crippen LogP contribution in [0.25, 0.3) is 0 Å². The van der Waals surface area contributed by atoms with E-state index in [0.717, 1.165) is 52.4 Å². The highest BCUT2D eigenvalue weighted by Gasteiger charge is 2.36. The molecular weight excluding hydrogens is 260 g/mol. The maximum Gasteiger partial charge on any atom is 0.243 e. The lowest BCUT2D eigenvalue weighted by Gasteiger charge is -2.22. The van der Waals surface area contributed by atoms with Crippen molar-refractivity contribution in [1.82, 2.24) is 26.6 Å². The third-order valence-electron chi connectivity index (χ3n) is 3.37.